The van der Waals surface area contributed by atoms with E-state index in [2.05, 4.69) is 63.3 Å². The van der Waals surface area contributed by atoms with Crippen LogP contribution < -0.4 is 0 Å². The molecule has 0 saturated heterocycles. The number of carbonyl (C=O) groups excluding carboxylic acids is 1. The SMILES string of the molecule is C[C@@H](C(=O)N(Cc1ccccc1)Cc1ccc(O)cc1Cl)N1CCc2ccccc2[C@@H]1c1ccccc1Br. The van der Waals surface area contributed by atoms with Gasteiger partial charge in [-0.1, -0.05) is 106 Å². The summed E-state index contributed by atoms with van der Waals surface area (Å²) in [6.45, 7) is 3.60. The smallest absolute Gasteiger partial charge is 0.240 e. The third kappa shape index (κ3) is 5.65. The number of benzene rings is 4. The molecular weight excluding hydrogens is 560 g/mol. The molecule has 4 aromatic carbocycles. The van der Waals surface area contributed by atoms with Crippen LogP contribution in [-0.2, 0) is 24.3 Å². The van der Waals surface area contributed by atoms with Gasteiger partial charge in [0, 0.05) is 29.1 Å². The van der Waals surface area contributed by atoms with Crippen LogP contribution in [0.1, 0.15) is 40.8 Å². The quantitative estimate of drug-likeness (QED) is 0.245. The fraction of sp³-hybridized carbons (Fsp3) is 0.219. The molecule has 38 heavy (non-hydrogen) atoms. The molecule has 1 heterocycles. The van der Waals surface area contributed by atoms with E-state index in [4.69, 9.17) is 11.6 Å². The number of amides is 1. The number of rotatable bonds is 7. The molecule has 0 aromatic heterocycles. The van der Waals surface area contributed by atoms with E-state index in [-0.39, 0.29) is 23.7 Å². The lowest BCUT2D eigenvalue weighted by Gasteiger charge is -2.42. The highest BCUT2D eigenvalue weighted by molar-refractivity contribution is 9.10. The van der Waals surface area contributed by atoms with E-state index in [1.807, 2.05) is 48.2 Å². The summed E-state index contributed by atoms with van der Waals surface area (Å²) in [4.78, 5) is 18.5. The molecule has 0 aliphatic carbocycles. The first-order valence-electron chi connectivity index (χ1n) is 12.8. The first-order valence-corrected chi connectivity index (χ1v) is 14.0. The molecule has 0 radical (unpaired) electrons. The van der Waals surface area contributed by atoms with Gasteiger partial charge in [0.25, 0.3) is 0 Å². The molecule has 5 rings (SSSR count). The Bertz CT molecular complexity index is 1430. The minimum atomic E-state index is -0.375. The van der Waals surface area contributed by atoms with E-state index in [0.29, 0.717) is 18.1 Å². The molecule has 1 N–H and O–H groups in total. The van der Waals surface area contributed by atoms with Crippen molar-refractivity contribution < 1.29 is 9.90 Å². The number of fused-ring (bicyclic) bond motifs is 1. The number of nitrogens with zero attached hydrogens (tertiary/aromatic N) is 2. The van der Waals surface area contributed by atoms with Crippen molar-refractivity contribution in [3.05, 3.63) is 134 Å². The van der Waals surface area contributed by atoms with Crippen LogP contribution in [-0.4, -0.2) is 33.4 Å². The minimum Gasteiger partial charge on any atom is -0.508 e. The minimum absolute atomic E-state index is 0.0365. The Morgan fingerprint density at radius 2 is 1.66 bits per heavy atom. The normalized spacial score (nSPS) is 16.0. The van der Waals surface area contributed by atoms with Crippen molar-refractivity contribution in [1.29, 1.82) is 0 Å². The molecule has 1 aliphatic heterocycles. The molecule has 0 unspecified atom stereocenters. The van der Waals surface area contributed by atoms with Crippen LogP contribution in [0.15, 0.2) is 102 Å². The van der Waals surface area contributed by atoms with Gasteiger partial charge < -0.3 is 10.0 Å². The highest BCUT2D eigenvalue weighted by Gasteiger charge is 2.36. The van der Waals surface area contributed by atoms with Crippen molar-refractivity contribution in [2.45, 2.75) is 38.5 Å². The fourth-order valence-corrected chi connectivity index (χ4v) is 6.07. The summed E-state index contributed by atoms with van der Waals surface area (Å²) in [5.41, 5.74) is 5.56. The van der Waals surface area contributed by atoms with E-state index >= 15 is 0 Å². The topological polar surface area (TPSA) is 43.8 Å². The van der Waals surface area contributed by atoms with Gasteiger partial charge in [-0.25, -0.2) is 0 Å². The van der Waals surface area contributed by atoms with Crippen LogP contribution in [0.3, 0.4) is 0 Å². The Balaban J connectivity index is 1.50. The number of hydrogen-bond donors (Lipinski definition) is 1. The molecule has 1 aliphatic rings. The predicted molar refractivity (Wildman–Crippen MR) is 156 cm³/mol. The molecule has 1 amide bonds. The van der Waals surface area contributed by atoms with Crippen molar-refractivity contribution >= 4 is 33.4 Å². The first-order chi connectivity index (χ1) is 18.4. The van der Waals surface area contributed by atoms with Crippen LogP contribution in [0.5, 0.6) is 5.75 Å². The summed E-state index contributed by atoms with van der Waals surface area (Å²) >= 11 is 10.2. The van der Waals surface area contributed by atoms with E-state index < -0.39 is 0 Å². The number of carbonyl (C=O) groups is 1. The Hall–Kier alpha value is -3.12. The standard InChI is InChI=1S/C32H30BrClN2O2/c1-22(36-18-17-24-11-5-6-12-27(24)31(36)28-13-7-8-14-29(28)33)32(38)35(20-23-9-3-2-4-10-23)21-25-15-16-26(37)19-30(25)34/h2-16,19,22,31,37H,17-18,20-21H2,1H3/t22-,31+/m0/s1. The highest BCUT2D eigenvalue weighted by atomic mass is 79.9. The maximum Gasteiger partial charge on any atom is 0.240 e. The van der Waals surface area contributed by atoms with Crippen LogP contribution in [0.25, 0.3) is 0 Å². The molecule has 0 spiro atoms. The van der Waals surface area contributed by atoms with Gasteiger partial charge in [0.15, 0.2) is 0 Å². The molecule has 0 saturated carbocycles. The summed E-state index contributed by atoms with van der Waals surface area (Å²) in [6, 6.07) is 31.3. The molecule has 194 valence electrons. The molecule has 4 aromatic rings. The van der Waals surface area contributed by atoms with Crippen molar-refractivity contribution in [3.63, 3.8) is 0 Å². The van der Waals surface area contributed by atoms with E-state index in [0.717, 1.165) is 34.1 Å². The van der Waals surface area contributed by atoms with Crippen molar-refractivity contribution in [2.24, 2.45) is 0 Å². The number of phenolic OH excluding ortho intramolecular Hbond substituents is 1. The molecule has 0 bridgehead atoms. The van der Waals surface area contributed by atoms with E-state index in [1.165, 1.54) is 17.2 Å². The number of phenols is 1. The number of halogens is 2. The maximum atomic E-state index is 14.3. The summed E-state index contributed by atoms with van der Waals surface area (Å²) in [5.74, 6) is 0.144. The monoisotopic (exact) mass is 588 g/mol. The van der Waals surface area contributed by atoms with Crippen LogP contribution in [0, 0.1) is 0 Å². The van der Waals surface area contributed by atoms with Gasteiger partial charge in [-0.05, 0) is 59.4 Å². The van der Waals surface area contributed by atoms with Gasteiger partial charge in [-0.15, -0.1) is 0 Å². The van der Waals surface area contributed by atoms with E-state index in [9.17, 15) is 9.90 Å². The van der Waals surface area contributed by atoms with Gasteiger partial charge in [0.05, 0.1) is 12.1 Å². The lowest BCUT2D eigenvalue weighted by Crippen LogP contribution is -2.50. The third-order valence-corrected chi connectivity index (χ3v) is 8.38. The molecule has 0 fully saturated rings. The fourth-order valence-electron chi connectivity index (χ4n) is 5.34. The maximum absolute atomic E-state index is 14.3. The highest BCUT2D eigenvalue weighted by Crippen LogP contribution is 2.39. The zero-order valence-electron chi connectivity index (χ0n) is 21.2. The second-order valence-corrected chi connectivity index (χ2v) is 11.0. The van der Waals surface area contributed by atoms with Gasteiger partial charge in [0.1, 0.15) is 5.75 Å². The summed E-state index contributed by atoms with van der Waals surface area (Å²) in [5, 5.41) is 10.3. The zero-order chi connectivity index (χ0) is 26.6. The van der Waals surface area contributed by atoms with Crippen LogP contribution in [0.2, 0.25) is 5.02 Å². The molecule has 2 atom stereocenters. The Labute approximate surface area is 237 Å². The predicted octanol–water partition coefficient (Wildman–Crippen LogP) is 7.37. The largest absolute Gasteiger partial charge is 0.508 e. The Morgan fingerprint density at radius 1 is 0.974 bits per heavy atom. The molecule has 4 nitrogen and oxygen atoms in total. The average molecular weight is 590 g/mol. The summed E-state index contributed by atoms with van der Waals surface area (Å²) in [6.07, 6.45) is 0.886. The van der Waals surface area contributed by atoms with Gasteiger partial charge in [-0.2, -0.15) is 0 Å². The van der Waals surface area contributed by atoms with Gasteiger partial charge >= 0.3 is 0 Å². The van der Waals surface area contributed by atoms with Gasteiger partial charge in [-0.3, -0.25) is 9.69 Å². The van der Waals surface area contributed by atoms with E-state index in [1.54, 1.807) is 12.1 Å². The summed E-state index contributed by atoms with van der Waals surface area (Å²) < 4.78 is 1.03. The second kappa shape index (κ2) is 11.7. The van der Waals surface area contributed by atoms with Crippen LogP contribution >= 0.6 is 27.5 Å². The summed E-state index contributed by atoms with van der Waals surface area (Å²) in [7, 11) is 0. The number of hydrogen-bond acceptors (Lipinski definition) is 3. The Morgan fingerprint density at radius 3 is 2.39 bits per heavy atom. The number of aromatic hydroxyl groups is 1. The van der Waals surface area contributed by atoms with Gasteiger partial charge in [0.2, 0.25) is 5.91 Å². The second-order valence-electron chi connectivity index (χ2n) is 9.74. The van der Waals surface area contributed by atoms with Crippen molar-refractivity contribution in [3.8, 4) is 5.75 Å². The zero-order valence-corrected chi connectivity index (χ0v) is 23.6. The van der Waals surface area contributed by atoms with Crippen LogP contribution in [0.4, 0.5) is 0 Å². The first kappa shape index (κ1) is 26.5. The molecular formula is C32H30BrClN2O2. The lowest BCUT2D eigenvalue weighted by atomic mass is 9.87. The Kier molecular flexibility index (Phi) is 8.18. The third-order valence-electron chi connectivity index (χ3n) is 7.30. The van der Waals surface area contributed by atoms with Crippen molar-refractivity contribution in [1.82, 2.24) is 9.80 Å². The average Bonchev–Trinajstić information content (AvgIpc) is 2.93. The molecule has 6 heteroatoms. The van der Waals surface area contributed by atoms with Crippen molar-refractivity contribution in [2.75, 3.05) is 6.54 Å². The lowest BCUT2D eigenvalue weighted by molar-refractivity contribution is -0.138.